The maximum absolute atomic E-state index is 11.3. The number of ether oxygens (including phenoxy) is 1. The van der Waals surface area contributed by atoms with Crippen molar-refractivity contribution < 1.29 is 9.53 Å². The van der Waals surface area contributed by atoms with Gasteiger partial charge in [-0.05, 0) is 40.2 Å². The Labute approximate surface area is 111 Å². The van der Waals surface area contributed by atoms with Crippen molar-refractivity contribution >= 4 is 6.09 Å². The SMILES string of the molecule is C#CCNCCCCCCNC(=O)OC(C)(C)C. The summed E-state index contributed by atoms with van der Waals surface area (Å²) in [5.41, 5.74) is -0.424. The van der Waals surface area contributed by atoms with E-state index in [2.05, 4.69) is 16.6 Å². The Bertz CT molecular complexity index is 264. The highest BCUT2D eigenvalue weighted by atomic mass is 16.6. The van der Waals surface area contributed by atoms with Gasteiger partial charge in [-0.15, -0.1) is 6.42 Å². The van der Waals surface area contributed by atoms with Gasteiger partial charge in [0.05, 0.1) is 6.54 Å². The first-order valence-electron chi connectivity index (χ1n) is 6.57. The number of carbonyl (C=O) groups excluding carboxylic acids is 1. The monoisotopic (exact) mass is 254 g/mol. The maximum atomic E-state index is 11.3. The summed E-state index contributed by atoms with van der Waals surface area (Å²) >= 11 is 0. The molecule has 0 aromatic carbocycles. The molecule has 0 aliphatic heterocycles. The first-order valence-corrected chi connectivity index (χ1v) is 6.57. The summed E-state index contributed by atoms with van der Waals surface area (Å²) in [4.78, 5) is 11.3. The molecule has 0 aromatic rings. The van der Waals surface area contributed by atoms with Crippen LogP contribution in [0.3, 0.4) is 0 Å². The van der Waals surface area contributed by atoms with Gasteiger partial charge in [0.15, 0.2) is 0 Å². The Balaban J connectivity index is 3.26. The topological polar surface area (TPSA) is 50.4 Å². The van der Waals surface area contributed by atoms with Gasteiger partial charge in [-0.25, -0.2) is 4.79 Å². The zero-order chi connectivity index (χ0) is 13.9. The van der Waals surface area contributed by atoms with Crippen molar-refractivity contribution in [3.8, 4) is 12.3 Å². The van der Waals surface area contributed by atoms with Crippen LogP contribution in [0.25, 0.3) is 0 Å². The van der Waals surface area contributed by atoms with Gasteiger partial charge in [-0.1, -0.05) is 18.8 Å². The molecule has 1 amide bonds. The van der Waals surface area contributed by atoms with Crippen molar-refractivity contribution in [1.29, 1.82) is 0 Å². The van der Waals surface area contributed by atoms with Gasteiger partial charge in [0.25, 0.3) is 0 Å². The smallest absolute Gasteiger partial charge is 0.407 e. The number of unbranched alkanes of at least 4 members (excludes halogenated alkanes) is 3. The first kappa shape index (κ1) is 16.8. The van der Waals surface area contributed by atoms with Crippen molar-refractivity contribution in [2.45, 2.75) is 52.1 Å². The summed E-state index contributed by atoms with van der Waals surface area (Å²) in [7, 11) is 0. The third kappa shape index (κ3) is 12.9. The lowest BCUT2D eigenvalue weighted by molar-refractivity contribution is 0.0527. The molecule has 4 nitrogen and oxygen atoms in total. The summed E-state index contributed by atoms with van der Waals surface area (Å²) in [6.07, 6.45) is 9.13. The number of amides is 1. The molecule has 0 aliphatic rings. The molecule has 0 saturated heterocycles. The van der Waals surface area contributed by atoms with Gasteiger partial charge in [0.1, 0.15) is 5.60 Å². The molecular formula is C14H26N2O2. The Morgan fingerprint density at radius 2 is 1.78 bits per heavy atom. The minimum Gasteiger partial charge on any atom is -0.444 e. The van der Waals surface area contributed by atoms with Crippen LogP contribution in [0, 0.1) is 12.3 Å². The minimum absolute atomic E-state index is 0.335. The van der Waals surface area contributed by atoms with E-state index in [1.807, 2.05) is 20.8 Å². The lowest BCUT2D eigenvalue weighted by atomic mass is 10.2. The predicted octanol–water partition coefficient (Wildman–Crippen LogP) is 2.29. The van der Waals surface area contributed by atoms with Crippen LogP contribution in [-0.4, -0.2) is 31.3 Å². The molecule has 4 heteroatoms. The molecule has 0 heterocycles. The molecule has 104 valence electrons. The lowest BCUT2D eigenvalue weighted by Gasteiger charge is -2.19. The summed E-state index contributed by atoms with van der Waals surface area (Å²) in [5.74, 6) is 2.54. The van der Waals surface area contributed by atoms with Crippen LogP contribution >= 0.6 is 0 Å². The normalized spacial score (nSPS) is 10.8. The van der Waals surface area contributed by atoms with Gasteiger partial charge in [0.2, 0.25) is 0 Å². The van der Waals surface area contributed by atoms with Crippen LogP contribution in [0.15, 0.2) is 0 Å². The fourth-order valence-corrected chi connectivity index (χ4v) is 1.39. The average molecular weight is 254 g/mol. The Morgan fingerprint density at radius 1 is 1.17 bits per heavy atom. The second-order valence-electron chi connectivity index (χ2n) is 5.22. The standard InChI is InChI=1S/C14H26N2O2/c1-5-10-15-11-8-6-7-9-12-16-13(17)18-14(2,3)4/h1,15H,6-12H2,2-4H3,(H,16,17). The molecule has 0 saturated carbocycles. The molecule has 0 radical (unpaired) electrons. The predicted molar refractivity (Wildman–Crippen MR) is 74.4 cm³/mol. The maximum Gasteiger partial charge on any atom is 0.407 e. The molecule has 0 aliphatic carbocycles. The zero-order valence-electron chi connectivity index (χ0n) is 11.8. The zero-order valence-corrected chi connectivity index (χ0v) is 11.8. The molecule has 0 bridgehead atoms. The Hall–Kier alpha value is -1.21. The number of carbonyl (C=O) groups is 1. The van der Waals surface area contributed by atoms with Gasteiger partial charge in [-0.2, -0.15) is 0 Å². The summed E-state index contributed by atoms with van der Waals surface area (Å²) in [6, 6.07) is 0. The van der Waals surface area contributed by atoms with Gasteiger partial charge < -0.3 is 15.4 Å². The van der Waals surface area contributed by atoms with Crippen molar-refractivity contribution in [3.05, 3.63) is 0 Å². The van der Waals surface area contributed by atoms with E-state index < -0.39 is 5.60 Å². The number of alkyl carbamates (subject to hydrolysis) is 1. The van der Waals surface area contributed by atoms with E-state index >= 15 is 0 Å². The highest BCUT2D eigenvalue weighted by Crippen LogP contribution is 2.06. The van der Waals surface area contributed by atoms with E-state index in [1.54, 1.807) is 0 Å². The summed E-state index contributed by atoms with van der Waals surface area (Å²) < 4.78 is 5.13. The van der Waals surface area contributed by atoms with Gasteiger partial charge in [-0.3, -0.25) is 0 Å². The van der Waals surface area contributed by atoms with Gasteiger partial charge >= 0.3 is 6.09 Å². The summed E-state index contributed by atoms with van der Waals surface area (Å²) in [5, 5.41) is 5.89. The lowest BCUT2D eigenvalue weighted by Crippen LogP contribution is -2.33. The number of nitrogens with one attached hydrogen (secondary N) is 2. The van der Waals surface area contributed by atoms with Crippen molar-refractivity contribution in [3.63, 3.8) is 0 Å². The molecule has 0 fully saturated rings. The van der Waals surface area contributed by atoms with Crippen LogP contribution in [0.5, 0.6) is 0 Å². The largest absolute Gasteiger partial charge is 0.444 e. The van der Waals surface area contributed by atoms with E-state index in [9.17, 15) is 4.79 Å². The molecular weight excluding hydrogens is 228 g/mol. The summed E-state index contributed by atoms with van der Waals surface area (Å²) in [6.45, 7) is 7.85. The number of hydrogen-bond acceptors (Lipinski definition) is 3. The molecule has 0 atom stereocenters. The fourth-order valence-electron chi connectivity index (χ4n) is 1.39. The third-order valence-electron chi connectivity index (χ3n) is 2.18. The highest BCUT2D eigenvalue weighted by Gasteiger charge is 2.15. The van der Waals surface area contributed by atoms with Crippen LogP contribution in [0.2, 0.25) is 0 Å². The fraction of sp³-hybridized carbons (Fsp3) is 0.786. The molecule has 0 spiro atoms. The van der Waals surface area contributed by atoms with E-state index in [0.29, 0.717) is 13.1 Å². The number of rotatable bonds is 8. The second-order valence-corrected chi connectivity index (χ2v) is 5.22. The van der Waals surface area contributed by atoms with Crippen LogP contribution in [-0.2, 0) is 4.74 Å². The molecule has 0 rings (SSSR count). The molecule has 2 N–H and O–H groups in total. The number of terminal acetylenes is 1. The van der Waals surface area contributed by atoms with Crippen molar-refractivity contribution in [2.75, 3.05) is 19.6 Å². The highest BCUT2D eigenvalue weighted by molar-refractivity contribution is 5.67. The molecule has 0 aromatic heterocycles. The van der Waals surface area contributed by atoms with Crippen molar-refractivity contribution in [1.82, 2.24) is 10.6 Å². The van der Waals surface area contributed by atoms with Crippen molar-refractivity contribution in [2.24, 2.45) is 0 Å². The Morgan fingerprint density at radius 3 is 2.33 bits per heavy atom. The van der Waals surface area contributed by atoms with E-state index in [1.165, 1.54) is 0 Å². The van der Waals surface area contributed by atoms with E-state index in [-0.39, 0.29) is 6.09 Å². The quantitative estimate of drug-likeness (QED) is 0.516. The van der Waals surface area contributed by atoms with Crippen LogP contribution < -0.4 is 10.6 Å². The third-order valence-corrected chi connectivity index (χ3v) is 2.18. The number of hydrogen-bond donors (Lipinski definition) is 2. The minimum atomic E-state index is -0.424. The molecule has 0 unspecified atom stereocenters. The molecule has 18 heavy (non-hydrogen) atoms. The second kappa shape index (κ2) is 9.78. The first-order chi connectivity index (χ1) is 8.45. The van der Waals surface area contributed by atoms with Crippen LogP contribution in [0.4, 0.5) is 4.79 Å². The average Bonchev–Trinajstić information content (AvgIpc) is 2.24. The Kier molecular flexibility index (Phi) is 9.13. The van der Waals surface area contributed by atoms with E-state index in [4.69, 9.17) is 11.2 Å². The van der Waals surface area contributed by atoms with E-state index in [0.717, 1.165) is 32.2 Å². The van der Waals surface area contributed by atoms with Crippen LogP contribution in [0.1, 0.15) is 46.5 Å². The van der Waals surface area contributed by atoms with Gasteiger partial charge in [0, 0.05) is 6.54 Å².